The van der Waals surface area contributed by atoms with E-state index in [0.29, 0.717) is 39.4 Å². The van der Waals surface area contributed by atoms with Gasteiger partial charge in [-0.05, 0) is 79.2 Å². The molecule has 2 heterocycles. The minimum absolute atomic E-state index is 0.126. The van der Waals surface area contributed by atoms with Gasteiger partial charge in [-0.25, -0.2) is 9.79 Å². The van der Waals surface area contributed by atoms with Crippen molar-refractivity contribution in [3.63, 3.8) is 0 Å². The number of hydrogen-bond donors (Lipinski definition) is 0. The van der Waals surface area contributed by atoms with Gasteiger partial charge < -0.3 is 14.2 Å². The molecule has 1 saturated heterocycles. The molecule has 30 heavy (non-hydrogen) atoms. The number of ether oxygens (including phenoxy) is 3. The van der Waals surface area contributed by atoms with Crippen LogP contribution in [0.5, 0.6) is 11.5 Å². The van der Waals surface area contributed by atoms with E-state index in [9.17, 15) is 9.59 Å². The lowest BCUT2D eigenvalue weighted by Crippen LogP contribution is -2.23. The van der Waals surface area contributed by atoms with Crippen molar-refractivity contribution in [2.45, 2.75) is 13.8 Å². The Morgan fingerprint density at radius 3 is 2.63 bits per heavy atom. The number of fused-ring (bicyclic) bond motifs is 1. The number of aryl methyl sites for hydroxylation is 1. The molecule has 8 heteroatoms. The zero-order valence-electron chi connectivity index (χ0n) is 16.8. The summed E-state index contributed by atoms with van der Waals surface area (Å²) in [5.74, 6) is 0.889. The molecule has 0 N–H and O–H groups in total. The summed E-state index contributed by atoms with van der Waals surface area (Å²) in [5.41, 5.74) is 2.99. The Labute approximate surface area is 178 Å². The summed E-state index contributed by atoms with van der Waals surface area (Å²) < 4.78 is 15.8. The second kappa shape index (κ2) is 8.23. The molecule has 0 spiro atoms. The summed E-state index contributed by atoms with van der Waals surface area (Å²) in [5, 5.41) is 0.563. The number of rotatable bonds is 4. The molecule has 0 saturated carbocycles. The first-order valence-corrected chi connectivity index (χ1v) is 10.2. The third-order valence-corrected chi connectivity index (χ3v) is 5.71. The van der Waals surface area contributed by atoms with Gasteiger partial charge in [-0.2, -0.15) is 0 Å². The molecule has 2 aromatic rings. The predicted octanol–water partition coefficient (Wildman–Crippen LogP) is 4.13. The standard InChI is InChI=1S/C22H20N2O5S/c1-4-27-21(26)14-5-7-16(8-6-14)23-22-24(3)20(25)19(30-22)11-15-10-18-17(9-13(15)2)28-12-29-18/h5-11H,4,12H2,1-3H3/b19-11-,23-22?. The Morgan fingerprint density at radius 1 is 1.23 bits per heavy atom. The maximum Gasteiger partial charge on any atom is 0.338 e. The zero-order valence-corrected chi connectivity index (χ0v) is 17.6. The van der Waals surface area contributed by atoms with Crippen LogP contribution in [0.25, 0.3) is 6.08 Å². The molecule has 0 bridgehead atoms. The van der Waals surface area contributed by atoms with Crippen LogP contribution in [0.1, 0.15) is 28.4 Å². The number of carbonyl (C=O) groups is 2. The van der Waals surface area contributed by atoms with E-state index in [1.165, 1.54) is 16.7 Å². The Balaban J connectivity index is 1.57. The summed E-state index contributed by atoms with van der Waals surface area (Å²) in [4.78, 5) is 31.1. The van der Waals surface area contributed by atoms with Crippen LogP contribution in [0.2, 0.25) is 0 Å². The van der Waals surface area contributed by atoms with E-state index in [1.54, 1.807) is 38.2 Å². The number of aliphatic imine (C=N–C) groups is 1. The molecular formula is C22H20N2O5S. The second-order valence-corrected chi connectivity index (χ2v) is 7.71. The summed E-state index contributed by atoms with van der Waals surface area (Å²) in [7, 11) is 1.69. The number of nitrogens with zero attached hydrogens (tertiary/aromatic N) is 2. The van der Waals surface area contributed by atoms with Crippen LogP contribution in [0.15, 0.2) is 46.3 Å². The molecule has 0 aromatic heterocycles. The Bertz CT molecular complexity index is 1080. The number of amidine groups is 1. The number of likely N-dealkylation sites (N-methyl/N-ethyl adjacent to an activating group) is 1. The van der Waals surface area contributed by atoms with Crippen molar-refractivity contribution < 1.29 is 23.8 Å². The Hall–Kier alpha value is -3.26. The largest absolute Gasteiger partial charge is 0.462 e. The molecule has 1 fully saturated rings. The van der Waals surface area contributed by atoms with Gasteiger partial charge in [0.05, 0.1) is 22.8 Å². The molecule has 2 aliphatic rings. The molecule has 2 aromatic carbocycles. The molecule has 0 aliphatic carbocycles. The second-order valence-electron chi connectivity index (χ2n) is 6.70. The lowest BCUT2D eigenvalue weighted by molar-refractivity contribution is -0.121. The average Bonchev–Trinajstić information content (AvgIpc) is 3.28. The molecule has 7 nitrogen and oxygen atoms in total. The number of hydrogen-bond acceptors (Lipinski definition) is 7. The van der Waals surface area contributed by atoms with Crippen LogP contribution < -0.4 is 9.47 Å². The maximum absolute atomic E-state index is 12.7. The fourth-order valence-corrected chi connectivity index (χ4v) is 3.98. The fraction of sp³-hybridized carbons (Fsp3) is 0.227. The van der Waals surface area contributed by atoms with Crippen molar-refractivity contribution >= 4 is 40.6 Å². The first-order valence-electron chi connectivity index (χ1n) is 9.40. The van der Waals surface area contributed by atoms with Crippen molar-refractivity contribution in [2.24, 2.45) is 4.99 Å². The van der Waals surface area contributed by atoms with E-state index < -0.39 is 0 Å². The average molecular weight is 424 g/mol. The Morgan fingerprint density at radius 2 is 1.93 bits per heavy atom. The van der Waals surface area contributed by atoms with Crippen LogP contribution in [0.3, 0.4) is 0 Å². The Kier molecular flexibility index (Phi) is 5.50. The van der Waals surface area contributed by atoms with Gasteiger partial charge in [-0.15, -0.1) is 0 Å². The highest BCUT2D eigenvalue weighted by atomic mass is 32.2. The van der Waals surface area contributed by atoms with E-state index in [4.69, 9.17) is 14.2 Å². The monoisotopic (exact) mass is 424 g/mol. The summed E-state index contributed by atoms with van der Waals surface area (Å²) in [6.45, 7) is 4.25. The van der Waals surface area contributed by atoms with Crippen LogP contribution >= 0.6 is 11.8 Å². The van der Waals surface area contributed by atoms with E-state index >= 15 is 0 Å². The van der Waals surface area contributed by atoms with Crippen LogP contribution in [0.4, 0.5) is 5.69 Å². The van der Waals surface area contributed by atoms with E-state index in [1.807, 2.05) is 25.1 Å². The fourth-order valence-electron chi connectivity index (χ4n) is 3.00. The molecule has 2 aliphatic heterocycles. The predicted molar refractivity (Wildman–Crippen MR) is 115 cm³/mol. The van der Waals surface area contributed by atoms with Crippen molar-refractivity contribution in [1.82, 2.24) is 4.90 Å². The molecule has 4 rings (SSSR count). The summed E-state index contributed by atoms with van der Waals surface area (Å²) in [6, 6.07) is 10.5. The molecule has 154 valence electrons. The highest BCUT2D eigenvalue weighted by Crippen LogP contribution is 2.38. The third kappa shape index (κ3) is 3.91. The lowest BCUT2D eigenvalue weighted by atomic mass is 10.1. The van der Waals surface area contributed by atoms with E-state index in [0.717, 1.165) is 11.1 Å². The van der Waals surface area contributed by atoms with Crippen molar-refractivity contribution in [2.75, 3.05) is 20.4 Å². The first kappa shape index (κ1) is 20.0. The number of thioether (sulfide) groups is 1. The topological polar surface area (TPSA) is 77.4 Å². The van der Waals surface area contributed by atoms with Gasteiger partial charge in [0.1, 0.15) is 0 Å². The number of carbonyl (C=O) groups excluding carboxylic acids is 2. The summed E-state index contributed by atoms with van der Waals surface area (Å²) >= 11 is 1.30. The van der Waals surface area contributed by atoms with E-state index in [2.05, 4.69) is 4.99 Å². The van der Waals surface area contributed by atoms with Crippen LogP contribution in [0, 0.1) is 6.92 Å². The van der Waals surface area contributed by atoms with Crippen molar-refractivity contribution in [3.8, 4) is 11.5 Å². The van der Waals surface area contributed by atoms with E-state index in [-0.39, 0.29) is 18.7 Å². The van der Waals surface area contributed by atoms with Gasteiger partial charge >= 0.3 is 5.97 Å². The number of benzene rings is 2. The number of amides is 1. The molecule has 0 unspecified atom stereocenters. The van der Waals surface area contributed by atoms with Gasteiger partial charge in [-0.1, -0.05) is 0 Å². The molecule has 1 amide bonds. The van der Waals surface area contributed by atoms with Gasteiger partial charge in [-0.3, -0.25) is 9.69 Å². The lowest BCUT2D eigenvalue weighted by Gasteiger charge is -2.07. The quantitative estimate of drug-likeness (QED) is 0.542. The number of esters is 1. The van der Waals surface area contributed by atoms with Crippen LogP contribution in [-0.2, 0) is 9.53 Å². The van der Waals surface area contributed by atoms with Gasteiger partial charge in [0.25, 0.3) is 5.91 Å². The molecule has 0 atom stereocenters. The smallest absolute Gasteiger partial charge is 0.338 e. The van der Waals surface area contributed by atoms with Crippen molar-refractivity contribution in [3.05, 3.63) is 58.0 Å². The van der Waals surface area contributed by atoms with Gasteiger partial charge in [0.15, 0.2) is 16.7 Å². The minimum atomic E-state index is -0.372. The van der Waals surface area contributed by atoms with Gasteiger partial charge in [0, 0.05) is 7.05 Å². The maximum atomic E-state index is 12.7. The van der Waals surface area contributed by atoms with Crippen molar-refractivity contribution in [1.29, 1.82) is 0 Å². The zero-order chi connectivity index (χ0) is 21.3. The minimum Gasteiger partial charge on any atom is -0.462 e. The molecule has 0 radical (unpaired) electrons. The normalized spacial score (nSPS) is 17.8. The SMILES string of the molecule is CCOC(=O)c1ccc(N=C2S/C(=C\c3cc4c(cc3C)OCO4)C(=O)N2C)cc1. The van der Waals surface area contributed by atoms with Gasteiger partial charge in [0.2, 0.25) is 6.79 Å². The first-order chi connectivity index (χ1) is 14.5. The highest BCUT2D eigenvalue weighted by Gasteiger charge is 2.30. The summed E-state index contributed by atoms with van der Waals surface area (Å²) in [6.07, 6.45) is 1.84. The van der Waals surface area contributed by atoms with Crippen LogP contribution in [-0.4, -0.2) is 42.4 Å². The highest BCUT2D eigenvalue weighted by molar-refractivity contribution is 8.18. The third-order valence-electron chi connectivity index (χ3n) is 4.65. The molecular weight excluding hydrogens is 404 g/mol.